The standard InChI is InChI=1S/C17H23N3O3S/c1-12(16(22)18-10-13-5-3-2-4-6-13)23-15(21)9-14-11-20-7-8-24-17(20)19-14/h7-8,11-13H,2-6,9-10H2,1H3,(H,18,22)/t12-/m1/s1. The van der Waals surface area contributed by atoms with Gasteiger partial charge in [-0.1, -0.05) is 19.3 Å². The summed E-state index contributed by atoms with van der Waals surface area (Å²) in [5.74, 6) is -0.0927. The van der Waals surface area contributed by atoms with Crippen molar-refractivity contribution < 1.29 is 14.3 Å². The van der Waals surface area contributed by atoms with E-state index in [1.807, 2.05) is 16.0 Å². The molecule has 2 heterocycles. The summed E-state index contributed by atoms with van der Waals surface area (Å²) in [6.07, 6.45) is 9.13. The van der Waals surface area contributed by atoms with Crippen molar-refractivity contribution in [2.75, 3.05) is 6.54 Å². The second-order valence-corrected chi connectivity index (χ2v) is 7.26. The third-order valence-corrected chi connectivity index (χ3v) is 5.21. The first-order chi connectivity index (χ1) is 11.6. The number of ether oxygens (including phenoxy) is 1. The Morgan fingerprint density at radius 3 is 2.96 bits per heavy atom. The number of rotatable bonds is 6. The summed E-state index contributed by atoms with van der Waals surface area (Å²) >= 11 is 1.51. The molecule has 7 heteroatoms. The summed E-state index contributed by atoms with van der Waals surface area (Å²) < 4.78 is 7.10. The molecular formula is C17H23N3O3S. The maximum atomic E-state index is 12.1. The van der Waals surface area contributed by atoms with Crippen molar-refractivity contribution in [2.45, 2.75) is 51.6 Å². The minimum Gasteiger partial charge on any atom is -0.452 e. The number of carbonyl (C=O) groups is 2. The number of fused-ring (bicyclic) bond motifs is 1. The Bertz CT molecular complexity index is 674. The summed E-state index contributed by atoms with van der Waals surface area (Å²) in [4.78, 5) is 29.2. The van der Waals surface area contributed by atoms with Crippen LogP contribution >= 0.6 is 11.3 Å². The monoisotopic (exact) mass is 349 g/mol. The van der Waals surface area contributed by atoms with Crippen LogP contribution in [0.4, 0.5) is 0 Å². The van der Waals surface area contributed by atoms with Crippen molar-refractivity contribution in [3.05, 3.63) is 23.5 Å². The number of amides is 1. The van der Waals surface area contributed by atoms with Gasteiger partial charge in [0.25, 0.3) is 5.91 Å². The Morgan fingerprint density at radius 1 is 1.42 bits per heavy atom. The van der Waals surface area contributed by atoms with Crippen molar-refractivity contribution in [1.82, 2.24) is 14.7 Å². The smallest absolute Gasteiger partial charge is 0.312 e. The fraction of sp³-hybridized carbons (Fsp3) is 0.588. The zero-order chi connectivity index (χ0) is 16.9. The normalized spacial score (nSPS) is 16.9. The minimum atomic E-state index is -0.773. The number of imidazole rings is 1. The Balaban J connectivity index is 1.42. The molecule has 1 fully saturated rings. The molecule has 2 aromatic heterocycles. The predicted molar refractivity (Wildman–Crippen MR) is 91.9 cm³/mol. The van der Waals surface area contributed by atoms with E-state index in [0.29, 0.717) is 18.2 Å². The third kappa shape index (κ3) is 4.35. The van der Waals surface area contributed by atoms with Crippen LogP contribution in [0.25, 0.3) is 4.96 Å². The van der Waals surface area contributed by atoms with Gasteiger partial charge in [-0.25, -0.2) is 4.98 Å². The highest BCUT2D eigenvalue weighted by Gasteiger charge is 2.20. The molecular weight excluding hydrogens is 326 g/mol. The minimum absolute atomic E-state index is 0.0780. The molecule has 2 aromatic rings. The lowest BCUT2D eigenvalue weighted by Gasteiger charge is -2.22. The summed E-state index contributed by atoms with van der Waals surface area (Å²) in [6, 6.07) is 0. The van der Waals surface area contributed by atoms with Crippen LogP contribution in [0.1, 0.15) is 44.7 Å². The lowest BCUT2D eigenvalue weighted by Crippen LogP contribution is -2.39. The molecule has 3 rings (SSSR count). The highest BCUT2D eigenvalue weighted by Crippen LogP contribution is 2.22. The van der Waals surface area contributed by atoms with E-state index < -0.39 is 12.1 Å². The molecule has 6 nitrogen and oxygen atoms in total. The highest BCUT2D eigenvalue weighted by molar-refractivity contribution is 7.15. The number of hydrogen-bond donors (Lipinski definition) is 1. The molecule has 1 aliphatic rings. The number of nitrogens with one attached hydrogen (secondary N) is 1. The zero-order valence-corrected chi connectivity index (χ0v) is 14.7. The highest BCUT2D eigenvalue weighted by atomic mass is 32.1. The Morgan fingerprint density at radius 2 is 2.21 bits per heavy atom. The van der Waals surface area contributed by atoms with E-state index >= 15 is 0 Å². The van der Waals surface area contributed by atoms with Gasteiger partial charge in [-0.2, -0.15) is 0 Å². The Labute approximate surface area is 145 Å². The van der Waals surface area contributed by atoms with E-state index in [1.165, 1.54) is 43.4 Å². The van der Waals surface area contributed by atoms with E-state index in [9.17, 15) is 9.59 Å². The van der Waals surface area contributed by atoms with Gasteiger partial charge in [0, 0.05) is 24.3 Å². The number of carbonyl (C=O) groups excluding carboxylic acids is 2. The number of nitrogens with zero attached hydrogens (tertiary/aromatic N) is 2. The maximum absolute atomic E-state index is 12.1. The molecule has 0 aliphatic heterocycles. The first kappa shape index (κ1) is 17.0. The van der Waals surface area contributed by atoms with Crippen LogP contribution in [0, 0.1) is 5.92 Å². The first-order valence-corrected chi connectivity index (χ1v) is 9.38. The lowest BCUT2D eigenvalue weighted by atomic mass is 9.89. The molecule has 0 unspecified atom stereocenters. The van der Waals surface area contributed by atoms with Crippen LogP contribution < -0.4 is 5.32 Å². The summed E-state index contributed by atoms with van der Waals surface area (Å²) in [6.45, 7) is 2.29. The van der Waals surface area contributed by atoms with Gasteiger partial charge in [-0.05, 0) is 25.7 Å². The molecule has 0 saturated heterocycles. The Hall–Kier alpha value is -1.89. The molecule has 1 amide bonds. The van der Waals surface area contributed by atoms with Crippen LogP contribution in [-0.2, 0) is 20.7 Å². The summed E-state index contributed by atoms with van der Waals surface area (Å²) in [5, 5.41) is 4.84. The van der Waals surface area contributed by atoms with Crippen molar-refractivity contribution >= 4 is 28.2 Å². The van der Waals surface area contributed by atoms with Gasteiger partial charge in [-0.3, -0.25) is 14.0 Å². The molecule has 0 aromatic carbocycles. The summed E-state index contributed by atoms with van der Waals surface area (Å²) in [7, 11) is 0. The van der Waals surface area contributed by atoms with Crippen LogP contribution in [0.15, 0.2) is 17.8 Å². The SMILES string of the molecule is C[C@@H](OC(=O)Cc1cn2ccsc2n1)C(=O)NCC1CCCCC1. The van der Waals surface area contributed by atoms with Crippen molar-refractivity contribution in [1.29, 1.82) is 0 Å². The van der Waals surface area contributed by atoms with Crippen molar-refractivity contribution in [2.24, 2.45) is 5.92 Å². The largest absolute Gasteiger partial charge is 0.452 e. The van der Waals surface area contributed by atoms with Gasteiger partial charge in [0.1, 0.15) is 0 Å². The van der Waals surface area contributed by atoms with E-state index in [4.69, 9.17) is 4.74 Å². The second-order valence-electron chi connectivity index (χ2n) is 6.38. The molecule has 1 saturated carbocycles. The fourth-order valence-corrected chi connectivity index (χ4v) is 3.80. The van der Waals surface area contributed by atoms with Crippen molar-refractivity contribution in [3.8, 4) is 0 Å². The summed E-state index contributed by atoms with van der Waals surface area (Å²) in [5.41, 5.74) is 0.654. The second kappa shape index (κ2) is 7.79. The van der Waals surface area contributed by atoms with E-state index in [1.54, 1.807) is 13.1 Å². The quantitative estimate of drug-likeness (QED) is 0.814. The van der Waals surface area contributed by atoms with Crippen LogP contribution in [0.5, 0.6) is 0 Å². The molecule has 0 spiro atoms. The average Bonchev–Trinajstić information content (AvgIpc) is 3.14. The topological polar surface area (TPSA) is 72.7 Å². The van der Waals surface area contributed by atoms with Gasteiger partial charge in [0.15, 0.2) is 11.1 Å². The van der Waals surface area contributed by atoms with Gasteiger partial charge in [-0.15, -0.1) is 11.3 Å². The molecule has 0 bridgehead atoms. The van der Waals surface area contributed by atoms with Crippen molar-refractivity contribution in [3.63, 3.8) is 0 Å². The Kier molecular flexibility index (Phi) is 5.50. The number of thiazole rings is 1. The lowest BCUT2D eigenvalue weighted by molar-refractivity contribution is -0.154. The molecule has 24 heavy (non-hydrogen) atoms. The van der Waals surface area contributed by atoms with Crippen LogP contribution in [0.3, 0.4) is 0 Å². The van der Waals surface area contributed by atoms with Gasteiger partial charge >= 0.3 is 5.97 Å². The van der Waals surface area contributed by atoms with Gasteiger partial charge in [0.05, 0.1) is 12.1 Å². The van der Waals surface area contributed by atoms with Crippen LogP contribution in [0.2, 0.25) is 0 Å². The van der Waals surface area contributed by atoms with E-state index in [2.05, 4.69) is 10.3 Å². The number of esters is 1. The van der Waals surface area contributed by atoms with Gasteiger partial charge < -0.3 is 10.1 Å². The molecule has 0 radical (unpaired) electrons. The van der Waals surface area contributed by atoms with Crippen LogP contribution in [-0.4, -0.2) is 33.9 Å². The van der Waals surface area contributed by atoms with E-state index in [-0.39, 0.29) is 12.3 Å². The van der Waals surface area contributed by atoms with Gasteiger partial charge in [0.2, 0.25) is 0 Å². The fourth-order valence-electron chi connectivity index (χ4n) is 3.08. The molecule has 130 valence electrons. The molecule has 1 atom stereocenters. The zero-order valence-electron chi connectivity index (χ0n) is 13.9. The molecule has 1 aliphatic carbocycles. The third-order valence-electron chi connectivity index (χ3n) is 4.44. The first-order valence-electron chi connectivity index (χ1n) is 8.50. The predicted octanol–water partition coefficient (Wildman–Crippen LogP) is 2.57. The number of hydrogen-bond acceptors (Lipinski definition) is 5. The van der Waals surface area contributed by atoms with E-state index in [0.717, 1.165) is 4.96 Å². The number of aromatic nitrogens is 2. The maximum Gasteiger partial charge on any atom is 0.312 e. The average molecular weight is 349 g/mol. The molecule has 1 N–H and O–H groups in total.